The molecule has 0 radical (unpaired) electrons. The molecule has 1 aromatic rings. The van der Waals surface area contributed by atoms with Crippen molar-refractivity contribution in [1.82, 2.24) is 0 Å². The summed E-state index contributed by atoms with van der Waals surface area (Å²) in [5, 5.41) is 0. The van der Waals surface area contributed by atoms with E-state index in [0.717, 1.165) is 0 Å². The highest BCUT2D eigenvalue weighted by Crippen LogP contribution is 2.20. The highest BCUT2D eigenvalue weighted by atomic mass is 14.6. The van der Waals surface area contributed by atoms with Gasteiger partial charge in [-0.05, 0) is 30.4 Å². The van der Waals surface area contributed by atoms with Crippen LogP contribution in [0.25, 0.3) is 0 Å². The Balaban J connectivity index is 0.000000184. The minimum Gasteiger partial charge on any atom is -0.329 e. The fourth-order valence-electron chi connectivity index (χ4n) is 1.51. The topological polar surface area (TPSA) is 52.0 Å². The van der Waals surface area contributed by atoms with Crippen molar-refractivity contribution in [3.05, 3.63) is 35.4 Å². The molecule has 0 amide bonds. The number of nitrogens with two attached hydrogens (primary N) is 2. The molecule has 1 aliphatic rings. The maximum Gasteiger partial charge on any atom is 0.00461 e. The molecule has 0 unspecified atom stereocenters. The molecule has 0 aliphatic heterocycles. The summed E-state index contributed by atoms with van der Waals surface area (Å²) in [5.41, 5.74) is 12.9. The number of hydrogen-bond donors (Lipinski definition) is 2. The third-order valence-electron chi connectivity index (χ3n) is 2.18. The van der Waals surface area contributed by atoms with Crippen molar-refractivity contribution in [1.29, 1.82) is 0 Å². The normalized spacial score (nSPS) is 13.1. The summed E-state index contributed by atoms with van der Waals surface area (Å²) < 4.78 is 0. The molecule has 2 nitrogen and oxygen atoms in total. The van der Waals surface area contributed by atoms with Gasteiger partial charge >= 0.3 is 0 Å². The summed E-state index contributed by atoms with van der Waals surface area (Å²) in [7, 11) is 0. The Hall–Kier alpha value is -0.860. The summed E-state index contributed by atoms with van der Waals surface area (Å²) in [6, 6.07) is 8.74. The lowest BCUT2D eigenvalue weighted by Crippen LogP contribution is -2.11. The summed E-state index contributed by atoms with van der Waals surface area (Å²) in [6.07, 6.45) is 3.96. The standard InChI is InChI=1S/C9H10.C2H8N2/c1-2-5-9-7-3-6-8(9)4-1;3-1-2-4/h1-2,4-5H,3,6-7H2;1-4H2. The van der Waals surface area contributed by atoms with E-state index in [1.807, 2.05) is 0 Å². The monoisotopic (exact) mass is 178 g/mol. The predicted molar refractivity (Wildman–Crippen MR) is 56.6 cm³/mol. The van der Waals surface area contributed by atoms with Crippen LogP contribution >= 0.6 is 0 Å². The quantitative estimate of drug-likeness (QED) is 0.676. The molecule has 0 fully saturated rings. The van der Waals surface area contributed by atoms with E-state index in [9.17, 15) is 0 Å². The van der Waals surface area contributed by atoms with Gasteiger partial charge < -0.3 is 11.5 Å². The fraction of sp³-hybridized carbons (Fsp3) is 0.455. The van der Waals surface area contributed by atoms with Crippen molar-refractivity contribution in [2.75, 3.05) is 13.1 Å². The van der Waals surface area contributed by atoms with Gasteiger partial charge in [-0.3, -0.25) is 0 Å². The van der Waals surface area contributed by atoms with Crippen LogP contribution in [0.2, 0.25) is 0 Å². The zero-order valence-electron chi connectivity index (χ0n) is 8.00. The minimum atomic E-state index is 0.597. The number of fused-ring (bicyclic) bond motifs is 1. The van der Waals surface area contributed by atoms with Crippen LogP contribution in [0.5, 0.6) is 0 Å². The van der Waals surface area contributed by atoms with Crippen molar-refractivity contribution in [2.45, 2.75) is 19.3 Å². The molecule has 2 heteroatoms. The minimum absolute atomic E-state index is 0.597. The van der Waals surface area contributed by atoms with E-state index in [0.29, 0.717) is 13.1 Å². The fourth-order valence-corrected chi connectivity index (χ4v) is 1.51. The van der Waals surface area contributed by atoms with Crippen LogP contribution in [0.15, 0.2) is 24.3 Å². The molecule has 72 valence electrons. The number of benzene rings is 1. The van der Waals surface area contributed by atoms with Crippen LogP contribution in [0.4, 0.5) is 0 Å². The summed E-state index contributed by atoms with van der Waals surface area (Å²) >= 11 is 0. The first-order valence-electron chi connectivity index (χ1n) is 4.85. The second-order valence-electron chi connectivity index (χ2n) is 3.20. The van der Waals surface area contributed by atoms with E-state index in [1.165, 1.54) is 19.3 Å². The van der Waals surface area contributed by atoms with E-state index in [4.69, 9.17) is 11.5 Å². The van der Waals surface area contributed by atoms with Gasteiger partial charge in [0.15, 0.2) is 0 Å². The molecule has 0 saturated heterocycles. The van der Waals surface area contributed by atoms with E-state index in [1.54, 1.807) is 11.1 Å². The molecule has 4 N–H and O–H groups in total. The van der Waals surface area contributed by atoms with E-state index in [-0.39, 0.29) is 0 Å². The lowest BCUT2D eigenvalue weighted by Gasteiger charge is -1.93. The Morgan fingerprint density at radius 2 is 1.38 bits per heavy atom. The first kappa shape index (κ1) is 10.2. The second-order valence-corrected chi connectivity index (χ2v) is 3.20. The van der Waals surface area contributed by atoms with E-state index < -0.39 is 0 Å². The summed E-state index contributed by atoms with van der Waals surface area (Å²) in [4.78, 5) is 0. The van der Waals surface area contributed by atoms with Crippen molar-refractivity contribution < 1.29 is 0 Å². The number of aryl methyl sites for hydroxylation is 2. The van der Waals surface area contributed by atoms with Gasteiger partial charge in [0.25, 0.3) is 0 Å². The molecular formula is C11H18N2. The van der Waals surface area contributed by atoms with Gasteiger partial charge in [-0.15, -0.1) is 0 Å². The number of rotatable bonds is 1. The molecule has 1 aliphatic carbocycles. The van der Waals surface area contributed by atoms with Crippen LogP contribution in [0.3, 0.4) is 0 Å². The van der Waals surface area contributed by atoms with Crippen LogP contribution in [-0.4, -0.2) is 13.1 Å². The molecule has 0 bridgehead atoms. The van der Waals surface area contributed by atoms with Gasteiger partial charge in [-0.25, -0.2) is 0 Å². The zero-order chi connectivity index (χ0) is 9.52. The zero-order valence-corrected chi connectivity index (χ0v) is 8.00. The Kier molecular flexibility index (Phi) is 4.50. The molecule has 0 saturated carbocycles. The van der Waals surface area contributed by atoms with E-state index >= 15 is 0 Å². The Morgan fingerprint density at radius 1 is 0.923 bits per heavy atom. The van der Waals surface area contributed by atoms with E-state index in [2.05, 4.69) is 24.3 Å². The maximum absolute atomic E-state index is 4.90. The summed E-state index contributed by atoms with van der Waals surface area (Å²) in [6.45, 7) is 1.19. The first-order valence-corrected chi connectivity index (χ1v) is 4.85. The molecule has 2 rings (SSSR count). The number of hydrogen-bond acceptors (Lipinski definition) is 2. The smallest absolute Gasteiger partial charge is 0.00461 e. The molecule has 13 heavy (non-hydrogen) atoms. The van der Waals surface area contributed by atoms with Crippen molar-refractivity contribution >= 4 is 0 Å². The predicted octanol–water partition coefficient (Wildman–Crippen LogP) is 1.08. The second kappa shape index (κ2) is 5.73. The largest absolute Gasteiger partial charge is 0.329 e. The molecule has 0 atom stereocenters. The van der Waals surface area contributed by atoms with Gasteiger partial charge in [-0.2, -0.15) is 0 Å². The third kappa shape index (κ3) is 3.17. The maximum atomic E-state index is 4.90. The lowest BCUT2D eigenvalue weighted by atomic mass is 10.1. The molecule has 0 aromatic heterocycles. The van der Waals surface area contributed by atoms with Gasteiger partial charge in [0.2, 0.25) is 0 Å². The van der Waals surface area contributed by atoms with Crippen molar-refractivity contribution in [2.24, 2.45) is 11.5 Å². The highest BCUT2D eigenvalue weighted by Gasteiger charge is 2.07. The Labute approximate surface area is 79.9 Å². The van der Waals surface area contributed by atoms with Gasteiger partial charge in [0.05, 0.1) is 0 Å². The van der Waals surface area contributed by atoms with Gasteiger partial charge in [0.1, 0.15) is 0 Å². The average molecular weight is 178 g/mol. The third-order valence-corrected chi connectivity index (χ3v) is 2.18. The van der Waals surface area contributed by atoms with Crippen molar-refractivity contribution in [3.8, 4) is 0 Å². The summed E-state index contributed by atoms with van der Waals surface area (Å²) in [5.74, 6) is 0. The SMILES string of the molecule is NCCN.c1ccc2c(c1)CCC2. The highest BCUT2D eigenvalue weighted by molar-refractivity contribution is 5.30. The molecule has 0 spiro atoms. The van der Waals surface area contributed by atoms with Gasteiger partial charge in [-0.1, -0.05) is 24.3 Å². The Morgan fingerprint density at radius 3 is 1.77 bits per heavy atom. The van der Waals surface area contributed by atoms with Crippen LogP contribution in [0, 0.1) is 0 Å². The first-order chi connectivity index (χ1) is 6.38. The molecule has 1 aromatic carbocycles. The molecule has 0 heterocycles. The van der Waals surface area contributed by atoms with Crippen LogP contribution in [-0.2, 0) is 12.8 Å². The van der Waals surface area contributed by atoms with Crippen molar-refractivity contribution in [3.63, 3.8) is 0 Å². The van der Waals surface area contributed by atoms with Crippen LogP contribution < -0.4 is 11.5 Å². The Bertz CT molecular complexity index is 221. The van der Waals surface area contributed by atoms with Gasteiger partial charge in [0, 0.05) is 13.1 Å². The molecular weight excluding hydrogens is 160 g/mol. The van der Waals surface area contributed by atoms with Crippen LogP contribution in [0.1, 0.15) is 17.5 Å². The lowest BCUT2D eigenvalue weighted by molar-refractivity contribution is 0.912. The average Bonchev–Trinajstić information content (AvgIpc) is 2.66.